The van der Waals surface area contributed by atoms with Crippen molar-refractivity contribution < 1.29 is 19.4 Å². The van der Waals surface area contributed by atoms with Crippen LogP contribution in [0.25, 0.3) is 0 Å². The molecule has 0 heterocycles. The predicted molar refractivity (Wildman–Crippen MR) is 185 cm³/mol. The van der Waals surface area contributed by atoms with Crippen molar-refractivity contribution in [3.8, 4) is 0 Å². The van der Waals surface area contributed by atoms with Crippen LogP contribution >= 0.6 is 0 Å². The van der Waals surface area contributed by atoms with E-state index >= 15 is 0 Å². The minimum absolute atomic E-state index is 0.0807. The standard InChI is InChI=1S/C39H66O4/c1-3-5-7-9-11-12-13-14-15-16-17-18-19-20-21-22-24-26-32-36-39(42)43-37(33-29-25-23-10-8-6-4-2)34-30-27-28-31-35-38(40)41/h5,7,11-12,14-15,17-18,29,33,37H,3-4,6,8-10,13,16,19-28,30-32,34-36H2,1-2H3,(H,40,41)/b7-5-,12-11-,15-14-,18-17-,33-29-. The van der Waals surface area contributed by atoms with E-state index in [0.29, 0.717) is 6.42 Å². The van der Waals surface area contributed by atoms with Crippen LogP contribution < -0.4 is 0 Å². The molecule has 0 saturated carbocycles. The molecule has 0 bridgehead atoms. The van der Waals surface area contributed by atoms with E-state index in [1.807, 2.05) is 0 Å². The largest absolute Gasteiger partial charge is 0.481 e. The molecular weight excluding hydrogens is 532 g/mol. The van der Waals surface area contributed by atoms with Crippen molar-refractivity contribution in [2.24, 2.45) is 0 Å². The Hall–Kier alpha value is -2.36. The smallest absolute Gasteiger partial charge is 0.306 e. The number of esters is 1. The molecule has 0 saturated heterocycles. The molecule has 1 unspecified atom stereocenters. The number of allylic oxidation sites excluding steroid dienone is 9. The summed E-state index contributed by atoms with van der Waals surface area (Å²) in [5.74, 6) is -0.807. The van der Waals surface area contributed by atoms with E-state index in [1.165, 1.54) is 57.8 Å². The van der Waals surface area contributed by atoms with Gasteiger partial charge in [0.1, 0.15) is 6.10 Å². The van der Waals surface area contributed by atoms with E-state index in [2.05, 4.69) is 74.6 Å². The van der Waals surface area contributed by atoms with Crippen molar-refractivity contribution in [2.45, 2.75) is 174 Å². The average Bonchev–Trinajstić information content (AvgIpc) is 2.99. The van der Waals surface area contributed by atoms with Gasteiger partial charge in [0, 0.05) is 12.8 Å². The fraction of sp³-hybridized carbons (Fsp3) is 0.692. The van der Waals surface area contributed by atoms with Crippen LogP contribution in [-0.4, -0.2) is 23.1 Å². The Bertz CT molecular complexity index is 774. The Labute approximate surface area is 265 Å². The van der Waals surface area contributed by atoms with E-state index in [9.17, 15) is 9.59 Å². The van der Waals surface area contributed by atoms with E-state index in [0.717, 1.165) is 83.5 Å². The highest BCUT2D eigenvalue weighted by Crippen LogP contribution is 2.15. The number of carbonyl (C=O) groups is 2. The number of carbonyl (C=O) groups excluding carboxylic acids is 1. The Morgan fingerprint density at radius 2 is 1.05 bits per heavy atom. The molecule has 0 radical (unpaired) electrons. The monoisotopic (exact) mass is 598 g/mol. The highest BCUT2D eigenvalue weighted by atomic mass is 16.5. The average molecular weight is 599 g/mol. The molecule has 246 valence electrons. The Morgan fingerprint density at radius 3 is 1.65 bits per heavy atom. The van der Waals surface area contributed by atoms with Crippen molar-refractivity contribution in [1.82, 2.24) is 0 Å². The maximum atomic E-state index is 12.5. The number of carboxylic acid groups (broad SMARTS) is 1. The molecule has 4 nitrogen and oxygen atoms in total. The molecule has 0 aliphatic rings. The van der Waals surface area contributed by atoms with Gasteiger partial charge in [-0.15, -0.1) is 0 Å². The van der Waals surface area contributed by atoms with Gasteiger partial charge < -0.3 is 9.84 Å². The van der Waals surface area contributed by atoms with Crippen molar-refractivity contribution in [1.29, 1.82) is 0 Å². The number of rotatable bonds is 31. The molecule has 0 aromatic heterocycles. The van der Waals surface area contributed by atoms with Crippen LogP contribution in [-0.2, 0) is 14.3 Å². The minimum atomic E-state index is -0.726. The highest BCUT2D eigenvalue weighted by molar-refractivity contribution is 5.69. The second-order valence-corrected chi connectivity index (χ2v) is 11.7. The molecule has 0 aromatic rings. The summed E-state index contributed by atoms with van der Waals surface area (Å²) in [7, 11) is 0. The van der Waals surface area contributed by atoms with Crippen molar-refractivity contribution in [3.05, 3.63) is 60.8 Å². The molecule has 0 rings (SSSR count). The first kappa shape index (κ1) is 40.6. The maximum Gasteiger partial charge on any atom is 0.306 e. The van der Waals surface area contributed by atoms with Gasteiger partial charge in [0.2, 0.25) is 0 Å². The summed E-state index contributed by atoms with van der Waals surface area (Å²) < 4.78 is 5.84. The third kappa shape index (κ3) is 34.0. The van der Waals surface area contributed by atoms with Crippen LogP contribution in [0.15, 0.2) is 60.8 Å². The lowest BCUT2D eigenvalue weighted by Crippen LogP contribution is -2.16. The fourth-order valence-electron chi connectivity index (χ4n) is 4.85. The van der Waals surface area contributed by atoms with Gasteiger partial charge in [-0.05, 0) is 83.1 Å². The SMILES string of the molecule is CC/C=C\C/C=C\C/C=C\C/C=C\CCCCCCCCC(=O)OC(/C=C\CCCCCCC)CCCCCCC(=O)O. The molecule has 1 N–H and O–H groups in total. The molecule has 43 heavy (non-hydrogen) atoms. The summed E-state index contributed by atoms with van der Waals surface area (Å²) in [5, 5.41) is 8.80. The summed E-state index contributed by atoms with van der Waals surface area (Å²) >= 11 is 0. The third-order valence-electron chi connectivity index (χ3n) is 7.46. The van der Waals surface area contributed by atoms with Crippen LogP contribution in [0, 0.1) is 0 Å². The van der Waals surface area contributed by atoms with Crippen molar-refractivity contribution >= 4 is 11.9 Å². The second-order valence-electron chi connectivity index (χ2n) is 11.7. The van der Waals surface area contributed by atoms with Crippen LogP contribution in [0.4, 0.5) is 0 Å². The molecule has 0 spiro atoms. The van der Waals surface area contributed by atoms with Crippen molar-refractivity contribution in [2.75, 3.05) is 0 Å². The normalized spacial score (nSPS) is 13.0. The number of carboxylic acids is 1. The maximum absolute atomic E-state index is 12.5. The Kier molecular flexibility index (Phi) is 32.3. The quantitative estimate of drug-likeness (QED) is 0.0490. The lowest BCUT2D eigenvalue weighted by molar-refractivity contribution is -0.147. The molecular formula is C39H66O4. The van der Waals surface area contributed by atoms with E-state index in [4.69, 9.17) is 9.84 Å². The first-order valence-corrected chi connectivity index (χ1v) is 17.8. The van der Waals surface area contributed by atoms with Gasteiger partial charge in [-0.2, -0.15) is 0 Å². The van der Waals surface area contributed by atoms with Crippen LogP contribution in [0.1, 0.15) is 168 Å². The van der Waals surface area contributed by atoms with E-state index in [1.54, 1.807) is 0 Å². The zero-order valence-corrected chi connectivity index (χ0v) is 28.0. The summed E-state index contributed by atoms with van der Waals surface area (Å²) in [4.78, 5) is 23.2. The summed E-state index contributed by atoms with van der Waals surface area (Å²) in [6, 6.07) is 0. The lowest BCUT2D eigenvalue weighted by atomic mass is 10.1. The van der Waals surface area contributed by atoms with Gasteiger partial charge in [-0.3, -0.25) is 9.59 Å². The summed E-state index contributed by atoms with van der Waals surface area (Å²) in [6.07, 6.45) is 46.7. The minimum Gasteiger partial charge on any atom is -0.481 e. The molecule has 0 aliphatic carbocycles. The number of hydrogen-bond donors (Lipinski definition) is 1. The lowest BCUT2D eigenvalue weighted by Gasteiger charge is -2.15. The van der Waals surface area contributed by atoms with Gasteiger partial charge in [-0.1, -0.05) is 133 Å². The van der Waals surface area contributed by atoms with Crippen LogP contribution in [0.2, 0.25) is 0 Å². The van der Waals surface area contributed by atoms with Crippen LogP contribution in [0.5, 0.6) is 0 Å². The second kappa shape index (κ2) is 34.1. The molecule has 0 fully saturated rings. The first-order chi connectivity index (χ1) is 21.1. The predicted octanol–water partition coefficient (Wildman–Crippen LogP) is 12.2. The third-order valence-corrected chi connectivity index (χ3v) is 7.46. The summed E-state index contributed by atoms with van der Waals surface area (Å²) in [6.45, 7) is 4.39. The molecule has 1 atom stereocenters. The van der Waals surface area contributed by atoms with E-state index < -0.39 is 5.97 Å². The number of unbranched alkanes of at least 4 members (excludes halogenated alkanes) is 14. The van der Waals surface area contributed by atoms with Gasteiger partial charge >= 0.3 is 11.9 Å². The first-order valence-electron chi connectivity index (χ1n) is 17.8. The van der Waals surface area contributed by atoms with Gasteiger partial charge in [0.15, 0.2) is 0 Å². The topological polar surface area (TPSA) is 63.6 Å². The van der Waals surface area contributed by atoms with Crippen molar-refractivity contribution in [3.63, 3.8) is 0 Å². The van der Waals surface area contributed by atoms with E-state index in [-0.39, 0.29) is 18.5 Å². The van der Waals surface area contributed by atoms with Crippen LogP contribution in [0.3, 0.4) is 0 Å². The molecule has 0 amide bonds. The zero-order chi connectivity index (χ0) is 31.5. The number of aliphatic carboxylic acids is 1. The molecule has 0 aromatic carbocycles. The van der Waals surface area contributed by atoms with Gasteiger partial charge in [0.25, 0.3) is 0 Å². The Balaban J connectivity index is 3.98. The molecule has 4 heteroatoms. The molecule has 0 aliphatic heterocycles. The number of ether oxygens (including phenoxy) is 1. The Morgan fingerprint density at radius 1 is 0.558 bits per heavy atom. The highest BCUT2D eigenvalue weighted by Gasteiger charge is 2.11. The van der Waals surface area contributed by atoms with Gasteiger partial charge in [0.05, 0.1) is 0 Å². The fourth-order valence-corrected chi connectivity index (χ4v) is 4.85. The zero-order valence-electron chi connectivity index (χ0n) is 28.0. The van der Waals surface area contributed by atoms with Gasteiger partial charge in [-0.25, -0.2) is 0 Å². The number of hydrogen-bond acceptors (Lipinski definition) is 3. The summed E-state index contributed by atoms with van der Waals surface area (Å²) in [5.41, 5.74) is 0.